The number of nitrogens with one attached hydrogen (secondary N) is 3. The van der Waals surface area contributed by atoms with E-state index in [2.05, 4.69) is 15.5 Å². The van der Waals surface area contributed by atoms with Crippen molar-refractivity contribution in [2.45, 2.75) is 26.3 Å². The number of hydrogen-bond acceptors (Lipinski definition) is 3. The standard InChI is InChI=1S/C18H27FN4O2/c1-3-8-20-18(25)14(2)21-17(24)13-22-9-11-23(12-10-22)16-6-4-15(19)5-7-16/h4-7,14H,3,8-13H2,1-2H3,(H,20,25)(H,21,24)/p+1/t14-/m0/s1. The highest BCUT2D eigenvalue weighted by Gasteiger charge is 2.24. The average molecular weight is 351 g/mol. The first kappa shape index (κ1) is 19.2. The Morgan fingerprint density at radius 2 is 1.88 bits per heavy atom. The number of hydrogen-bond donors (Lipinski definition) is 3. The maximum Gasteiger partial charge on any atom is 0.275 e. The lowest BCUT2D eigenvalue weighted by molar-refractivity contribution is -0.892. The van der Waals surface area contributed by atoms with Gasteiger partial charge in [-0.15, -0.1) is 0 Å². The van der Waals surface area contributed by atoms with Crippen LogP contribution in [0.4, 0.5) is 10.1 Å². The van der Waals surface area contributed by atoms with Crippen molar-refractivity contribution in [3.05, 3.63) is 30.1 Å². The van der Waals surface area contributed by atoms with Crippen LogP contribution in [0.2, 0.25) is 0 Å². The predicted octanol–water partition coefficient (Wildman–Crippen LogP) is -0.438. The van der Waals surface area contributed by atoms with Crippen LogP contribution in [-0.4, -0.2) is 57.1 Å². The van der Waals surface area contributed by atoms with E-state index >= 15 is 0 Å². The highest BCUT2D eigenvalue weighted by Crippen LogP contribution is 2.14. The summed E-state index contributed by atoms with van der Waals surface area (Å²) in [4.78, 5) is 27.3. The van der Waals surface area contributed by atoms with Crippen molar-refractivity contribution in [2.75, 3.05) is 44.2 Å². The van der Waals surface area contributed by atoms with Crippen LogP contribution in [-0.2, 0) is 9.59 Å². The Morgan fingerprint density at radius 1 is 1.24 bits per heavy atom. The first-order chi connectivity index (χ1) is 12.0. The first-order valence-corrected chi connectivity index (χ1v) is 8.90. The number of anilines is 1. The van der Waals surface area contributed by atoms with Crippen molar-refractivity contribution in [1.29, 1.82) is 0 Å². The van der Waals surface area contributed by atoms with Crippen molar-refractivity contribution in [1.82, 2.24) is 10.6 Å². The number of quaternary nitrogens is 1. The van der Waals surface area contributed by atoms with Crippen LogP contribution >= 0.6 is 0 Å². The third-order valence-corrected chi connectivity index (χ3v) is 4.39. The molecule has 6 nitrogen and oxygen atoms in total. The molecule has 0 aliphatic carbocycles. The number of carbonyl (C=O) groups is 2. The third-order valence-electron chi connectivity index (χ3n) is 4.39. The van der Waals surface area contributed by atoms with Crippen molar-refractivity contribution >= 4 is 17.5 Å². The number of benzene rings is 1. The second-order valence-corrected chi connectivity index (χ2v) is 6.47. The maximum atomic E-state index is 13.0. The van der Waals surface area contributed by atoms with Gasteiger partial charge in [0, 0.05) is 12.2 Å². The molecule has 0 unspecified atom stereocenters. The molecule has 7 heteroatoms. The second kappa shape index (κ2) is 9.36. The molecule has 1 aliphatic rings. The molecule has 0 saturated carbocycles. The van der Waals surface area contributed by atoms with E-state index in [1.165, 1.54) is 17.0 Å². The fraction of sp³-hybridized carbons (Fsp3) is 0.556. The molecule has 1 atom stereocenters. The highest BCUT2D eigenvalue weighted by molar-refractivity contribution is 5.87. The molecule has 1 heterocycles. The zero-order chi connectivity index (χ0) is 18.2. The lowest BCUT2D eigenvalue weighted by Gasteiger charge is -2.33. The van der Waals surface area contributed by atoms with Crippen molar-refractivity contribution in [3.8, 4) is 0 Å². The van der Waals surface area contributed by atoms with Crippen molar-refractivity contribution in [3.63, 3.8) is 0 Å². The smallest absolute Gasteiger partial charge is 0.275 e. The van der Waals surface area contributed by atoms with Crippen LogP contribution in [0, 0.1) is 5.82 Å². The van der Waals surface area contributed by atoms with Gasteiger partial charge in [-0.1, -0.05) is 6.92 Å². The Bertz CT molecular complexity index is 571. The summed E-state index contributed by atoms with van der Waals surface area (Å²) >= 11 is 0. The number of halogens is 1. The molecule has 25 heavy (non-hydrogen) atoms. The molecule has 0 spiro atoms. The first-order valence-electron chi connectivity index (χ1n) is 8.90. The van der Waals surface area contributed by atoms with E-state index in [-0.39, 0.29) is 17.6 Å². The van der Waals surface area contributed by atoms with Crippen LogP contribution in [0.3, 0.4) is 0 Å². The van der Waals surface area contributed by atoms with E-state index in [0.29, 0.717) is 13.1 Å². The second-order valence-electron chi connectivity index (χ2n) is 6.47. The largest absolute Gasteiger partial charge is 0.360 e. The van der Waals surface area contributed by atoms with E-state index in [0.717, 1.165) is 38.3 Å². The van der Waals surface area contributed by atoms with Gasteiger partial charge in [-0.2, -0.15) is 0 Å². The van der Waals surface area contributed by atoms with Gasteiger partial charge in [0.15, 0.2) is 6.54 Å². The van der Waals surface area contributed by atoms with Crippen LogP contribution in [0.15, 0.2) is 24.3 Å². The van der Waals surface area contributed by atoms with Crippen LogP contribution in [0.5, 0.6) is 0 Å². The molecule has 1 fully saturated rings. The van der Waals surface area contributed by atoms with Gasteiger partial charge in [0.25, 0.3) is 5.91 Å². The summed E-state index contributed by atoms with van der Waals surface area (Å²) in [5, 5.41) is 5.53. The molecule has 1 aliphatic heterocycles. The molecule has 2 amide bonds. The normalized spacial score (nSPS) is 16.4. The summed E-state index contributed by atoms with van der Waals surface area (Å²) < 4.78 is 13.0. The van der Waals surface area contributed by atoms with Crippen molar-refractivity contribution in [2.24, 2.45) is 0 Å². The van der Waals surface area contributed by atoms with E-state index < -0.39 is 6.04 Å². The van der Waals surface area contributed by atoms with Gasteiger partial charge in [0.1, 0.15) is 11.9 Å². The fourth-order valence-electron chi connectivity index (χ4n) is 2.90. The van der Waals surface area contributed by atoms with Gasteiger partial charge in [0.05, 0.1) is 26.2 Å². The van der Waals surface area contributed by atoms with E-state index in [1.54, 1.807) is 19.1 Å². The van der Waals surface area contributed by atoms with Gasteiger partial charge in [-0.05, 0) is 37.6 Å². The number of rotatable bonds is 7. The summed E-state index contributed by atoms with van der Waals surface area (Å²) in [6.45, 7) is 7.98. The number of nitrogens with zero attached hydrogens (tertiary/aromatic N) is 1. The summed E-state index contributed by atoms with van der Waals surface area (Å²) in [7, 11) is 0. The Balaban J connectivity index is 1.73. The van der Waals surface area contributed by atoms with E-state index in [4.69, 9.17) is 0 Å². The summed E-state index contributed by atoms with van der Waals surface area (Å²) in [6.07, 6.45) is 0.870. The molecule has 1 aromatic carbocycles. The van der Waals surface area contributed by atoms with Crippen LogP contribution in [0.25, 0.3) is 0 Å². The Kier molecular flexibility index (Phi) is 7.18. The van der Waals surface area contributed by atoms with E-state index in [1.807, 2.05) is 6.92 Å². The van der Waals surface area contributed by atoms with Crippen LogP contribution in [0.1, 0.15) is 20.3 Å². The minimum absolute atomic E-state index is 0.107. The summed E-state index contributed by atoms with van der Waals surface area (Å²) in [5.41, 5.74) is 1.01. The molecule has 0 radical (unpaired) electrons. The molecular weight excluding hydrogens is 323 g/mol. The third kappa shape index (κ3) is 6.01. The highest BCUT2D eigenvalue weighted by atomic mass is 19.1. The molecule has 1 aromatic rings. The van der Waals surface area contributed by atoms with Gasteiger partial charge in [-0.25, -0.2) is 4.39 Å². The van der Waals surface area contributed by atoms with E-state index in [9.17, 15) is 14.0 Å². The minimum atomic E-state index is -0.515. The van der Waals surface area contributed by atoms with Gasteiger partial charge in [-0.3, -0.25) is 9.59 Å². The predicted molar refractivity (Wildman–Crippen MR) is 95.1 cm³/mol. The Hall–Kier alpha value is -2.15. The fourth-order valence-corrected chi connectivity index (χ4v) is 2.90. The topological polar surface area (TPSA) is 65.9 Å². The molecule has 2 rings (SSSR count). The zero-order valence-electron chi connectivity index (χ0n) is 15.0. The lowest BCUT2D eigenvalue weighted by Crippen LogP contribution is -3.16. The molecule has 0 aromatic heterocycles. The number of piperazine rings is 1. The number of carbonyl (C=O) groups excluding carboxylic acids is 2. The quantitative estimate of drug-likeness (QED) is 0.624. The number of amides is 2. The molecule has 3 N–H and O–H groups in total. The maximum absolute atomic E-state index is 13.0. The summed E-state index contributed by atoms with van der Waals surface area (Å²) in [6, 6.07) is 5.98. The minimum Gasteiger partial charge on any atom is -0.360 e. The SMILES string of the molecule is CCCNC(=O)[C@H](C)NC(=O)C[NH+]1CCN(c2ccc(F)cc2)CC1. The average Bonchev–Trinajstić information content (AvgIpc) is 2.61. The Labute approximate surface area is 148 Å². The molecule has 1 saturated heterocycles. The lowest BCUT2D eigenvalue weighted by atomic mass is 10.2. The van der Waals surface area contributed by atoms with Gasteiger partial charge < -0.3 is 20.4 Å². The van der Waals surface area contributed by atoms with Crippen molar-refractivity contribution < 1.29 is 18.9 Å². The molecule has 0 bridgehead atoms. The van der Waals surface area contributed by atoms with Gasteiger partial charge in [0.2, 0.25) is 5.91 Å². The molecule has 138 valence electrons. The monoisotopic (exact) mass is 351 g/mol. The summed E-state index contributed by atoms with van der Waals surface area (Å²) in [5.74, 6) is -0.488. The Morgan fingerprint density at radius 3 is 2.48 bits per heavy atom. The van der Waals surface area contributed by atoms with Gasteiger partial charge >= 0.3 is 0 Å². The van der Waals surface area contributed by atoms with Crippen LogP contribution < -0.4 is 20.4 Å². The zero-order valence-corrected chi connectivity index (χ0v) is 15.0. The molecular formula is C18H28FN4O2+.